The molecule has 112 valence electrons. The van der Waals surface area contributed by atoms with Crippen LogP contribution in [0.2, 0.25) is 0 Å². The summed E-state index contributed by atoms with van der Waals surface area (Å²) in [5.74, 6) is -0.423. The van der Waals surface area contributed by atoms with E-state index < -0.39 is 5.92 Å². The first-order valence-electron chi connectivity index (χ1n) is 6.87. The van der Waals surface area contributed by atoms with Crippen molar-refractivity contribution in [2.45, 2.75) is 12.3 Å². The minimum absolute atomic E-state index is 0.131. The number of fused-ring (bicyclic) bond motifs is 1. The van der Waals surface area contributed by atoms with Gasteiger partial charge in [-0.25, -0.2) is 4.98 Å². The molecule has 0 saturated carbocycles. The number of para-hydroxylation sites is 1. The summed E-state index contributed by atoms with van der Waals surface area (Å²) in [6.45, 7) is 0. The number of anilines is 2. The van der Waals surface area contributed by atoms with Crippen molar-refractivity contribution in [1.82, 2.24) is 4.98 Å². The topological polar surface area (TPSA) is 80.3 Å². The van der Waals surface area contributed by atoms with Crippen molar-refractivity contribution in [3.05, 3.63) is 48.2 Å². The van der Waals surface area contributed by atoms with Crippen molar-refractivity contribution in [3.63, 3.8) is 0 Å². The predicted octanol–water partition coefficient (Wildman–Crippen LogP) is 2.15. The van der Waals surface area contributed by atoms with Crippen molar-refractivity contribution in [1.29, 1.82) is 0 Å². The zero-order chi connectivity index (χ0) is 15.5. The number of rotatable bonds is 3. The maximum atomic E-state index is 12.5. The second-order valence-corrected chi connectivity index (χ2v) is 4.97. The number of amides is 2. The van der Waals surface area contributed by atoms with Gasteiger partial charge >= 0.3 is 0 Å². The molecule has 0 fully saturated rings. The molecular formula is C16H15N3O3. The molecule has 0 saturated heterocycles. The molecule has 1 aliphatic rings. The van der Waals surface area contributed by atoms with E-state index in [0.717, 1.165) is 5.56 Å². The number of methoxy groups -OCH3 is 1. The minimum atomic E-state index is -0.507. The fraction of sp³-hybridized carbons (Fsp3) is 0.188. The molecule has 6 heteroatoms. The molecular weight excluding hydrogens is 282 g/mol. The van der Waals surface area contributed by atoms with Crippen LogP contribution in [0.5, 0.6) is 5.88 Å². The molecule has 0 bridgehead atoms. The van der Waals surface area contributed by atoms with Gasteiger partial charge in [0.25, 0.3) is 0 Å². The van der Waals surface area contributed by atoms with Crippen LogP contribution in [-0.4, -0.2) is 23.9 Å². The molecule has 3 rings (SSSR count). The van der Waals surface area contributed by atoms with Crippen LogP contribution in [0.25, 0.3) is 0 Å². The highest BCUT2D eigenvalue weighted by Gasteiger charge is 2.30. The number of aromatic nitrogens is 1. The fourth-order valence-corrected chi connectivity index (χ4v) is 2.45. The predicted molar refractivity (Wildman–Crippen MR) is 81.8 cm³/mol. The fourth-order valence-electron chi connectivity index (χ4n) is 2.45. The van der Waals surface area contributed by atoms with Crippen LogP contribution in [0, 0.1) is 0 Å². The first kappa shape index (κ1) is 14.1. The van der Waals surface area contributed by atoms with E-state index in [-0.39, 0.29) is 18.2 Å². The number of benzene rings is 1. The second-order valence-electron chi connectivity index (χ2n) is 4.97. The van der Waals surface area contributed by atoms with E-state index >= 15 is 0 Å². The molecule has 1 atom stereocenters. The van der Waals surface area contributed by atoms with Gasteiger partial charge in [0.2, 0.25) is 17.7 Å². The summed E-state index contributed by atoms with van der Waals surface area (Å²) < 4.78 is 4.97. The molecule has 2 N–H and O–H groups in total. The minimum Gasteiger partial charge on any atom is -0.481 e. The van der Waals surface area contributed by atoms with E-state index in [4.69, 9.17) is 4.74 Å². The van der Waals surface area contributed by atoms with Gasteiger partial charge in [0.1, 0.15) is 0 Å². The molecule has 6 nitrogen and oxygen atoms in total. The summed E-state index contributed by atoms with van der Waals surface area (Å²) in [7, 11) is 1.53. The first-order chi connectivity index (χ1) is 10.7. The van der Waals surface area contributed by atoms with E-state index in [1.54, 1.807) is 18.2 Å². The van der Waals surface area contributed by atoms with Crippen LogP contribution >= 0.6 is 0 Å². The Bertz CT molecular complexity index is 713. The summed E-state index contributed by atoms with van der Waals surface area (Å²) in [5, 5.41) is 5.56. The Labute approximate surface area is 127 Å². The van der Waals surface area contributed by atoms with Crippen LogP contribution in [0.15, 0.2) is 42.6 Å². The summed E-state index contributed by atoms with van der Waals surface area (Å²) in [5.41, 5.74) is 2.07. The Morgan fingerprint density at radius 2 is 2.14 bits per heavy atom. The van der Waals surface area contributed by atoms with Gasteiger partial charge in [-0.1, -0.05) is 18.2 Å². The third-order valence-electron chi connectivity index (χ3n) is 3.53. The highest BCUT2D eigenvalue weighted by molar-refractivity contribution is 6.05. The van der Waals surface area contributed by atoms with Gasteiger partial charge in [0.15, 0.2) is 0 Å². The molecule has 2 heterocycles. The Morgan fingerprint density at radius 3 is 2.86 bits per heavy atom. The molecule has 1 aliphatic heterocycles. The SMILES string of the molecule is COc1ccc(NC(=O)C2CC(=O)Nc3ccccc32)cn1. The number of hydrogen-bond donors (Lipinski definition) is 2. The van der Waals surface area contributed by atoms with Gasteiger partial charge in [-0.05, 0) is 17.7 Å². The standard InChI is InChI=1S/C16H15N3O3/c1-22-15-7-6-10(9-17-15)18-16(21)12-8-14(20)19-13-5-3-2-4-11(12)13/h2-7,9,12H,8H2,1H3,(H,18,21)(H,19,20). The average molecular weight is 297 g/mol. The van der Waals surface area contributed by atoms with E-state index in [1.807, 2.05) is 18.2 Å². The maximum Gasteiger partial charge on any atom is 0.232 e. The second kappa shape index (κ2) is 5.85. The summed E-state index contributed by atoms with van der Waals surface area (Å²) in [4.78, 5) is 28.3. The summed E-state index contributed by atoms with van der Waals surface area (Å²) >= 11 is 0. The lowest BCUT2D eigenvalue weighted by Crippen LogP contribution is -2.30. The Morgan fingerprint density at radius 1 is 1.32 bits per heavy atom. The Hall–Kier alpha value is -2.89. The quantitative estimate of drug-likeness (QED) is 0.909. The molecule has 1 aromatic heterocycles. The molecule has 1 unspecified atom stereocenters. The van der Waals surface area contributed by atoms with Crippen molar-refractivity contribution >= 4 is 23.2 Å². The van der Waals surface area contributed by atoms with Crippen molar-refractivity contribution in [2.75, 3.05) is 17.7 Å². The van der Waals surface area contributed by atoms with Gasteiger partial charge < -0.3 is 15.4 Å². The molecule has 0 spiro atoms. The van der Waals surface area contributed by atoms with Crippen LogP contribution in [0.1, 0.15) is 17.9 Å². The van der Waals surface area contributed by atoms with E-state index in [1.165, 1.54) is 13.3 Å². The van der Waals surface area contributed by atoms with Gasteiger partial charge in [-0.3, -0.25) is 9.59 Å². The largest absolute Gasteiger partial charge is 0.481 e. The lowest BCUT2D eigenvalue weighted by Gasteiger charge is -2.24. The van der Waals surface area contributed by atoms with Crippen LogP contribution < -0.4 is 15.4 Å². The smallest absolute Gasteiger partial charge is 0.232 e. The van der Waals surface area contributed by atoms with Gasteiger partial charge in [-0.15, -0.1) is 0 Å². The van der Waals surface area contributed by atoms with E-state index in [9.17, 15) is 9.59 Å². The summed E-state index contributed by atoms with van der Waals surface area (Å²) in [6.07, 6.45) is 1.65. The number of carbonyl (C=O) groups is 2. The third-order valence-corrected chi connectivity index (χ3v) is 3.53. The van der Waals surface area contributed by atoms with Crippen LogP contribution in [0.3, 0.4) is 0 Å². The number of hydrogen-bond acceptors (Lipinski definition) is 4. The Balaban J connectivity index is 1.81. The van der Waals surface area contributed by atoms with Crippen LogP contribution in [0.4, 0.5) is 11.4 Å². The van der Waals surface area contributed by atoms with Gasteiger partial charge in [0, 0.05) is 18.2 Å². The van der Waals surface area contributed by atoms with Gasteiger partial charge in [0.05, 0.1) is 24.9 Å². The van der Waals surface area contributed by atoms with Gasteiger partial charge in [-0.2, -0.15) is 0 Å². The lowest BCUT2D eigenvalue weighted by atomic mass is 9.90. The summed E-state index contributed by atoms with van der Waals surface area (Å²) in [6, 6.07) is 10.7. The number of nitrogens with one attached hydrogen (secondary N) is 2. The van der Waals surface area contributed by atoms with E-state index in [0.29, 0.717) is 17.3 Å². The normalized spacial score (nSPS) is 16.4. The van der Waals surface area contributed by atoms with E-state index in [2.05, 4.69) is 15.6 Å². The molecule has 1 aromatic carbocycles. The third kappa shape index (κ3) is 2.76. The number of ether oxygens (including phenoxy) is 1. The highest BCUT2D eigenvalue weighted by Crippen LogP contribution is 2.32. The number of pyridine rings is 1. The monoisotopic (exact) mass is 297 g/mol. The molecule has 2 aromatic rings. The number of nitrogens with zero attached hydrogens (tertiary/aromatic N) is 1. The van der Waals surface area contributed by atoms with Crippen molar-refractivity contribution in [3.8, 4) is 5.88 Å². The molecule has 0 radical (unpaired) electrons. The zero-order valence-electron chi connectivity index (χ0n) is 12.0. The number of carbonyl (C=O) groups excluding carboxylic acids is 2. The maximum absolute atomic E-state index is 12.5. The lowest BCUT2D eigenvalue weighted by molar-refractivity contribution is -0.123. The molecule has 0 aliphatic carbocycles. The zero-order valence-corrected chi connectivity index (χ0v) is 12.0. The molecule has 2 amide bonds. The van der Waals surface area contributed by atoms with Crippen LogP contribution in [-0.2, 0) is 9.59 Å². The average Bonchev–Trinajstić information content (AvgIpc) is 2.54. The van der Waals surface area contributed by atoms with Crippen molar-refractivity contribution in [2.24, 2.45) is 0 Å². The Kier molecular flexibility index (Phi) is 3.74. The van der Waals surface area contributed by atoms with Crippen molar-refractivity contribution < 1.29 is 14.3 Å². The highest BCUT2D eigenvalue weighted by atomic mass is 16.5. The molecule has 22 heavy (non-hydrogen) atoms. The first-order valence-corrected chi connectivity index (χ1v) is 6.87.